The number of halogens is 2. The molecular formula is C15H11ClFNO4S. The van der Waals surface area contributed by atoms with Gasteiger partial charge >= 0.3 is 10.1 Å². The number of hydrogen-bond donors (Lipinski definition) is 1. The van der Waals surface area contributed by atoms with Crippen molar-refractivity contribution in [1.82, 2.24) is 0 Å². The molecule has 1 N–H and O–H groups in total. The normalized spacial score (nSPS) is 14.1. The fraction of sp³-hybridized carbons (Fsp3) is 0.133. The molecule has 1 aliphatic heterocycles. The summed E-state index contributed by atoms with van der Waals surface area (Å²) in [5.74, 6) is -0.853. The molecule has 0 unspecified atom stereocenters. The van der Waals surface area contributed by atoms with Crippen LogP contribution in [-0.2, 0) is 21.3 Å². The van der Waals surface area contributed by atoms with Crippen molar-refractivity contribution in [2.24, 2.45) is 0 Å². The highest BCUT2D eigenvalue weighted by molar-refractivity contribution is 7.87. The smallest absolute Gasteiger partial charge is 0.339 e. The van der Waals surface area contributed by atoms with Gasteiger partial charge in [-0.15, -0.1) is 0 Å². The second-order valence-corrected chi connectivity index (χ2v) is 6.93. The number of anilines is 1. The molecule has 1 aliphatic rings. The maximum absolute atomic E-state index is 13.1. The molecule has 2 aromatic rings. The van der Waals surface area contributed by atoms with Gasteiger partial charge in [0.05, 0.1) is 5.02 Å². The van der Waals surface area contributed by atoms with E-state index in [1.807, 2.05) is 0 Å². The molecule has 0 aromatic heterocycles. The van der Waals surface area contributed by atoms with Crippen LogP contribution >= 0.6 is 11.6 Å². The average Bonchev–Trinajstić information content (AvgIpc) is 2.50. The van der Waals surface area contributed by atoms with Gasteiger partial charge in [0, 0.05) is 18.2 Å². The lowest BCUT2D eigenvalue weighted by molar-refractivity contribution is -0.116. The van der Waals surface area contributed by atoms with Gasteiger partial charge in [-0.05, 0) is 42.3 Å². The first-order valence-corrected chi connectivity index (χ1v) is 8.46. The topological polar surface area (TPSA) is 72.5 Å². The van der Waals surface area contributed by atoms with E-state index in [1.165, 1.54) is 24.3 Å². The third-order valence-corrected chi connectivity index (χ3v) is 4.89. The van der Waals surface area contributed by atoms with Crippen LogP contribution in [0.3, 0.4) is 0 Å². The molecule has 0 aliphatic carbocycles. The second kappa shape index (κ2) is 5.82. The minimum Gasteiger partial charge on any atom is -0.379 e. The highest BCUT2D eigenvalue weighted by Gasteiger charge is 2.21. The second-order valence-electron chi connectivity index (χ2n) is 4.98. The predicted molar refractivity (Wildman–Crippen MR) is 82.6 cm³/mol. The third-order valence-electron chi connectivity index (χ3n) is 3.36. The van der Waals surface area contributed by atoms with Crippen molar-refractivity contribution in [2.75, 3.05) is 5.32 Å². The molecular weight excluding hydrogens is 345 g/mol. The number of hydrogen-bond acceptors (Lipinski definition) is 4. The monoisotopic (exact) mass is 355 g/mol. The molecule has 23 heavy (non-hydrogen) atoms. The Hall–Kier alpha value is -2.12. The molecule has 0 spiro atoms. The summed E-state index contributed by atoms with van der Waals surface area (Å²) in [6.45, 7) is 0. The van der Waals surface area contributed by atoms with Crippen LogP contribution in [-0.4, -0.2) is 14.3 Å². The molecule has 2 aromatic carbocycles. The van der Waals surface area contributed by atoms with Crippen LogP contribution in [0.25, 0.3) is 0 Å². The molecule has 0 radical (unpaired) electrons. The van der Waals surface area contributed by atoms with E-state index in [0.29, 0.717) is 24.1 Å². The molecule has 1 heterocycles. The Labute approximate surface area is 137 Å². The van der Waals surface area contributed by atoms with Crippen molar-refractivity contribution in [2.45, 2.75) is 17.7 Å². The van der Waals surface area contributed by atoms with Gasteiger partial charge in [-0.3, -0.25) is 4.79 Å². The van der Waals surface area contributed by atoms with Gasteiger partial charge in [-0.25, -0.2) is 4.39 Å². The fourth-order valence-electron chi connectivity index (χ4n) is 2.22. The molecule has 0 atom stereocenters. The summed E-state index contributed by atoms with van der Waals surface area (Å²) in [5, 5.41) is 2.44. The Kier molecular flexibility index (Phi) is 3.99. The minimum absolute atomic E-state index is 0.0483. The quantitative estimate of drug-likeness (QED) is 0.858. The van der Waals surface area contributed by atoms with Crippen LogP contribution in [0.4, 0.5) is 10.1 Å². The summed E-state index contributed by atoms with van der Waals surface area (Å²) in [7, 11) is -4.08. The number of carbonyl (C=O) groups is 1. The molecule has 8 heteroatoms. The highest BCUT2D eigenvalue weighted by Crippen LogP contribution is 2.28. The first-order valence-electron chi connectivity index (χ1n) is 6.67. The van der Waals surface area contributed by atoms with Gasteiger partial charge in [0.1, 0.15) is 16.5 Å². The van der Waals surface area contributed by atoms with Crippen LogP contribution in [0.15, 0.2) is 41.3 Å². The van der Waals surface area contributed by atoms with E-state index in [1.54, 1.807) is 0 Å². The van der Waals surface area contributed by atoms with E-state index < -0.39 is 15.9 Å². The Balaban J connectivity index is 1.90. The molecule has 3 rings (SSSR count). The summed E-state index contributed by atoms with van der Waals surface area (Å²) in [4.78, 5) is 11.3. The van der Waals surface area contributed by atoms with Crippen LogP contribution in [0.2, 0.25) is 5.02 Å². The molecule has 1 amide bonds. The van der Waals surface area contributed by atoms with E-state index in [2.05, 4.69) is 5.32 Å². The lowest BCUT2D eigenvalue weighted by Crippen LogP contribution is -2.19. The van der Waals surface area contributed by atoms with Crippen molar-refractivity contribution in [3.05, 3.63) is 52.8 Å². The Morgan fingerprint density at radius 2 is 1.91 bits per heavy atom. The highest BCUT2D eigenvalue weighted by atomic mass is 35.5. The zero-order chi connectivity index (χ0) is 16.6. The number of rotatable bonds is 3. The SMILES string of the molecule is O=C1CCc2cc(S(=O)(=O)Oc3ccc(F)c(Cl)c3)ccc2N1. The molecule has 0 bridgehead atoms. The summed E-state index contributed by atoms with van der Waals surface area (Å²) in [5.41, 5.74) is 1.30. The van der Waals surface area contributed by atoms with E-state index in [-0.39, 0.29) is 21.6 Å². The largest absolute Gasteiger partial charge is 0.379 e. The number of amides is 1. The fourth-order valence-corrected chi connectivity index (χ4v) is 3.36. The summed E-state index contributed by atoms with van der Waals surface area (Å²) in [6.07, 6.45) is 0.748. The van der Waals surface area contributed by atoms with Crippen molar-refractivity contribution in [3.8, 4) is 5.75 Å². The van der Waals surface area contributed by atoms with Crippen LogP contribution in [0.5, 0.6) is 5.75 Å². The van der Waals surface area contributed by atoms with Gasteiger partial charge < -0.3 is 9.50 Å². The van der Waals surface area contributed by atoms with Crippen molar-refractivity contribution in [1.29, 1.82) is 0 Å². The van der Waals surface area contributed by atoms with E-state index in [9.17, 15) is 17.6 Å². The maximum Gasteiger partial charge on any atom is 0.339 e. The molecule has 0 fully saturated rings. The summed E-state index contributed by atoms with van der Waals surface area (Å²) < 4.78 is 42.7. The van der Waals surface area contributed by atoms with Gasteiger partial charge in [0.15, 0.2) is 0 Å². The number of fused-ring (bicyclic) bond motifs is 1. The number of nitrogens with one attached hydrogen (secondary N) is 1. The number of aryl methyl sites for hydroxylation is 1. The van der Waals surface area contributed by atoms with Crippen molar-refractivity contribution in [3.63, 3.8) is 0 Å². The van der Waals surface area contributed by atoms with Gasteiger partial charge in [-0.1, -0.05) is 11.6 Å². The predicted octanol–water partition coefficient (Wildman–Crippen LogP) is 3.13. The maximum atomic E-state index is 13.1. The van der Waals surface area contributed by atoms with Gasteiger partial charge in [0.2, 0.25) is 5.91 Å². The van der Waals surface area contributed by atoms with Crippen molar-refractivity contribution >= 4 is 33.3 Å². The first-order chi connectivity index (χ1) is 10.8. The van der Waals surface area contributed by atoms with Crippen LogP contribution < -0.4 is 9.50 Å². The van der Waals surface area contributed by atoms with Gasteiger partial charge in [-0.2, -0.15) is 8.42 Å². The number of carbonyl (C=O) groups excluding carboxylic acids is 1. The Morgan fingerprint density at radius 1 is 1.13 bits per heavy atom. The summed E-state index contributed by atoms with van der Waals surface area (Å²) in [6, 6.07) is 7.60. The Bertz CT molecular complexity index is 898. The number of benzene rings is 2. The summed E-state index contributed by atoms with van der Waals surface area (Å²) >= 11 is 5.61. The molecule has 0 saturated carbocycles. The zero-order valence-electron chi connectivity index (χ0n) is 11.7. The lowest BCUT2D eigenvalue weighted by atomic mass is 10.0. The zero-order valence-corrected chi connectivity index (χ0v) is 13.2. The lowest BCUT2D eigenvalue weighted by Gasteiger charge is -2.17. The molecule has 0 saturated heterocycles. The molecule has 120 valence electrons. The van der Waals surface area contributed by atoms with Crippen molar-refractivity contribution < 1.29 is 21.8 Å². The first kappa shape index (κ1) is 15.8. The van der Waals surface area contributed by atoms with Gasteiger partial charge in [0.25, 0.3) is 0 Å². The van der Waals surface area contributed by atoms with Crippen LogP contribution in [0.1, 0.15) is 12.0 Å². The standard InChI is InChI=1S/C15H11ClFNO4S/c16-12-8-10(2-4-13(12)17)22-23(20,21)11-3-5-14-9(7-11)1-6-15(19)18-14/h2-5,7-8H,1,6H2,(H,18,19). The average molecular weight is 356 g/mol. The van der Waals surface area contributed by atoms with E-state index in [0.717, 1.165) is 12.1 Å². The van der Waals surface area contributed by atoms with E-state index >= 15 is 0 Å². The molecule has 5 nitrogen and oxygen atoms in total. The van der Waals surface area contributed by atoms with Crippen LogP contribution in [0, 0.1) is 5.82 Å². The van der Waals surface area contributed by atoms with E-state index in [4.69, 9.17) is 15.8 Å². The Morgan fingerprint density at radius 3 is 2.65 bits per heavy atom. The third kappa shape index (κ3) is 3.30. The minimum atomic E-state index is -4.08.